The summed E-state index contributed by atoms with van der Waals surface area (Å²) < 4.78 is 0. The van der Waals surface area contributed by atoms with Crippen molar-refractivity contribution in [3.8, 4) is 22.3 Å². The van der Waals surface area contributed by atoms with Crippen LogP contribution in [0.4, 0.5) is 45.5 Å². The third-order valence-corrected chi connectivity index (χ3v) is 26.3. The molecule has 20 rings (SSSR count). The average Bonchev–Trinajstić information content (AvgIpc) is 1.49. The summed E-state index contributed by atoms with van der Waals surface area (Å²) in [5.41, 5.74) is 42.6. The molecule has 4 heteroatoms. The van der Waals surface area contributed by atoms with Crippen LogP contribution in [0.25, 0.3) is 27.8 Å². The highest BCUT2D eigenvalue weighted by molar-refractivity contribution is 6.98. The molecule has 0 amide bonds. The lowest BCUT2D eigenvalue weighted by Crippen LogP contribution is -2.58. The van der Waals surface area contributed by atoms with Gasteiger partial charge in [-0.05, 0) is 238 Å². The van der Waals surface area contributed by atoms with E-state index in [-0.39, 0.29) is 34.3 Å². The van der Waals surface area contributed by atoms with Gasteiger partial charge in [0.1, 0.15) is 0 Å². The Hall–Kier alpha value is -10.7. The average molecular weight is 1400 g/mol. The summed E-state index contributed by atoms with van der Waals surface area (Å²) >= 11 is 0. The SMILES string of the molecule is CC(C)(C)C1=CC=C(C2Cc3cc(-c4c(N5C6=C(CCC=C6)C6(C7=C(CCC=C7)c7ccccc76)c6ccccc65)cccc4N4c5ccccc5C5(c6ccccc6-c6ccccc65)c5ccccc54)cc4c3B(c3cc(C(C)(C)C)ccc32)c2cc(C(C)(C)C)ccc2N4c2ccc(C(C)(C)C)cc2)CC1. The van der Waals surface area contributed by atoms with Crippen molar-refractivity contribution in [2.24, 2.45) is 5.41 Å². The van der Waals surface area contributed by atoms with Crippen LogP contribution in [0.2, 0.25) is 0 Å². The fraction of sp³-hybridized carbons (Fsp3) is 0.250. The molecular weight excluding hydrogens is 1300 g/mol. The van der Waals surface area contributed by atoms with Gasteiger partial charge in [-0.3, -0.25) is 0 Å². The molecule has 0 aromatic heterocycles. The van der Waals surface area contributed by atoms with Crippen LogP contribution in [0.15, 0.2) is 301 Å². The first kappa shape index (κ1) is 66.7. The molecule has 108 heavy (non-hydrogen) atoms. The Kier molecular flexibility index (Phi) is 14.8. The van der Waals surface area contributed by atoms with Crippen molar-refractivity contribution in [3.05, 3.63) is 368 Å². The molecule has 2 spiro atoms. The molecule has 9 aliphatic rings. The molecule has 2 atom stereocenters. The Bertz CT molecular complexity index is 5770. The molecule has 0 bridgehead atoms. The van der Waals surface area contributed by atoms with Gasteiger partial charge in [0.05, 0.1) is 39.3 Å². The van der Waals surface area contributed by atoms with Crippen LogP contribution in [0.5, 0.6) is 0 Å². The summed E-state index contributed by atoms with van der Waals surface area (Å²) in [6.45, 7) is 28.6. The summed E-state index contributed by atoms with van der Waals surface area (Å²) in [4.78, 5) is 8.15. The Morgan fingerprint density at radius 1 is 0.380 bits per heavy atom. The molecule has 3 nitrogen and oxygen atoms in total. The smallest absolute Gasteiger partial charge is 0.247 e. The van der Waals surface area contributed by atoms with E-state index >= 15 is 0 Å². The van der Waals surface area contributed by atoms with E-state index in [1.54, 1.807) is 0 Å². The summed E-state index contributed by atoms with van der Waals surface area (Å²) in [5.74, 6) is 0.113. The van der Waals surface area contributed by atoms with Crippen molar-refractivity contribution in [1.82, 2.24) is 0 Å². The van der Waals surface area contributed by atoms with E-state index in [2.05, 4.69) is 371 Å². The maximum Gasteiger partial charge on any atom is 0.247 e. The van der Waals surface area contributed by atoms with E-state index in [9.17, 15) is 0 Å². The number of benzene rings is 11. The predicted molar refractivity (Wildman–Crippen MR) is 457 cm³/mol. The minimum atomic E-state index is -0.597. The largest absolute Gasteiger partial charge is 0.311 e. The maximum absolute atomic E-state index is 2.75. The van der Waals surface area contributed by atoms with E-state index in [1.165, 1.54) is 173 Å². The van der Waals surface area contributed by atoms with Crippen LogP contribution in [-0.2, 0) is 33.5 Å². The minimum absolute atomic E-state index is 0.0405. The molecule has 5 aliphatic carbocycles. The second-order valence-electron chi connectivity index (χ2n) is 36.4. The highest BCUT2D eigenvalue weighted by Gasteiger charge is 2.56. The van der Waals surface area contributed by atoms with Crippen LogP contribution in [0.3, 0.4) is 0 Å². The molecule has 11 aromatic carbocycles. The summed E-state index contributed by atoms with van der Waals surface area (Å²) in [7, 11) is 0. The van der Waals surface area contributed by atoms with Gasteiger partial charge in [-0.2, -0.15) is 0 Å². The predicted octanol–water partition coefficient (Wildman–Crippen LogP) is 25.2. The normalized spacial score (nSPS) is 18.9. The molecule has 11 aromatic rings. The first-order valence-electron chi connectivity index (χ1n) is 40.0. The molecule has 0 fully saturated rings. The van der Waals surface area contributed by atoms with Crippen molar-refractivity contribution in [2.75, 3.05) is 14.7 Å². The van der Waals surface area contributed by atoms with Gasteiger partial charge in [0.2, 0.25) is 6.71 Å². The van der Waals surface area contributed by atoms with E-state index < -0.39 is 10.8 Å². The monoisotopic (exact) mass is 1400 g/mol. The number of hydrogen-bond acceptors (Lipinski definition) is 3. The van der Waals surface area contributed by atoms with Gasteiger partial charge < -0.3 is 14.7 Å². The van der Waals surface area contributed by atoms with Gasteiger partial charge in [-0.1, -0.05) is 312 Å². The van der Waals surface area contributed by atoms with Gasteiger partial charge in [0, 0.05) is 34.2 Å². The number of fused-ring (bicyclic) bond motifs is 20. The zero-order valence-corrected chi connectivity index (χ0v) is 64.9. The van der Waals surface area contributed by atoms with Gasteiger partial charge >= 0.3 is 0 Å². The lowest BCUT2D eigenvalue weighted by molar-refractivity contribution is 0.476. The number of hydrogen-bond donors (Lipinski definition) is 0. The van der Waals surface area contributed by atoms with E-state index in [0.717, 1.165) is 56.3 Å². The first-order chi connectivity index (χ1) is 52.1. The molecule has 4 heterocycles. The molecule has 0 saturated heterocycles. The molecule has 2 unspecified atom stereocenters. The Morgan fingerprint density at radius 3 is 1.51 bits per heavy atom. The van der Waals surface area contributed by atoms with Gasteiger partial charge in [0.15, 0.2) is 0 Å². The zero-order chi connectivity index (χ0) is 73.7. The number of anilines is 8. The van der Waals surface area contributed by atoms with Gasteiger partial charge in [-0.15, -0.1) is 0 Å². The Morgan fingerprint density at radius 2 is 0.898 bits per heavy atom. The van der Waals surface area contributed by atoms with Crippen LogP contribution in [0.1, 0.15) is 194 Å². The summed E-state index contributed by atoms with van der Waals surface area (Å²) in [6, 6.07) is 94.3. The van der Waals surface area contributed by atoms with Crippen LogP contribution in [0, 0.1) is 5.41 Å². The van der Waals surface area contributed by atoms with Crippen molar-refractivity contribution >= 4 is 74.2 Å². The van der Waals surface area contributed by atoms with E-state index in [4.69, 9.17) is 0 Å². The third-order valence-electron chi connectivity index (χ3n) is 26.3. The van der Waals surface area contributed by atoms with Crippen LogP contribution >= 0.6 is 0 Å². The van der Waals surface area contributed by atoms with Gasteiger partial charge in [0.25, 0.3) is 0 Å². The van der Waals surface area contributed by atoms with Crippen molar-refractivity contribution in [2.45, 2.75) is 161 Å². The third kappa shape index (κ3) is 9.59. The molecule has 0 N–H and O–H groups in total. The quantitative estimate of drug-likeness (QED) is 0.159. The fourth-order valence-electron chi connectivity index (χ4n) is 21.2. The van der Waals surface area contributed by atoms with Crippen LogP contribution < -0.4 is 31.1 Å². The molecular formula is C104H96BN3. The van der Waals surface area contributed by atoms with Crippen molar-refractivity contribution < 1.29 is 0 Å². The molecule has 4 aliphatic heterocycles. The van der Waals surface area contributed by atoms with Crippen LogP contribution in [-0.4, -0.2) is 6.71 Å². The van der Waals surface area contributed by atoms with E-state index in [0.29, 0.717) is 0 Å². The first-order valence-corrected chi connectivity index (χ1v) is 40.0. The lowest BCUT2D eigenvalue weighted by atomic mass is 9.33. The number of allylic oxidation sites excluding steroid dienone is 11. The minimum Gasteiger partial charge on any atom is -0.311 e. The second kappa shape index (κ2) is 23.9. The number of para-hydroxylation sites is 3. The second-order valence-corrected chi connectivity index (χ2v) is 36.4. The maximum atomic E-state index is 2.75. The van der Waals surface area contributed by atoms with E-state index in [1.807, 2.05) is 0 Å². The Balaban J connectivity index is 0.930. The standard InChI is InChI=1S/C104H96BN3/c1-99(2,3)68-50-48-65(49-51-68)78-61-67-60-66(62-96-98(67)105(87-63-70(101(7,8)9)54-58-77(78)87)88-64-71(102(10,11)12)55-59-93(88)106(96)72-56-52-69(53-57-72)100(4,5)6)97-94(107-89-42-25-21-38-83(89)103(84-39-22-26-43-90(84)107)79-34-17-13-30-73(79)74-31-14-18-35-80(74)103)46-29-47-95(97)108-91-44-27-23-40-85(91)104(86-41-24-28-45-92(86)108)81-36-19-15-32-75(81)76-33-16-20-37-82(76)104/h13-15,17-23,25-32,34-40,42-48,50,52-60,62-64,78H,16,24,33,41,49,51,61H2,1-12H3. The summed E-state index contributed by atoms with van der Waals surface area (Å²) in [6.07, 6.45) is 22.0. The van der Waals surface area contributed by atoms with Crippen molar-refractivity contribution in [3.63, 3.8) is 0 Å². The zero-order valence-electron chi connectivity index (χ0n) is 64.9. The topological polar surface area (TPSA) is 9.72 Å². The van der Waals surface area contributed by atoms with Gasteiger partial charge in [-0.25, -0.2) is 0 Å². The fourth-order valence-corrected chi connectivity index (χ4v) is 21.2. The highest BCUT2D eigenvalue weighted by atomic mass is 15.2. The number of rotatable bonds is 5. The Labute approximate surface area is 641 Å². The molecule has 530 valence electrons. The number of nitrogens with zero attached hydrogens (tertiary/aromatic N) is 3. The summed E-state index contributed by atoms with van der Waals surface area (Å²) in [5, 5.41) is 0. The van der Waals surface area contributed by atoms with Crippen molar-refractivity contribution in [1.29, 1.82) is 0 Å². The molecule has 0 saturated carbocycles. The highest BCUT2D eigenvalue weighted by Crippen LogP contribution is 2.68. The lowest BCUT2D eigenvalue weighted by Gasteiger charge is -2.48. The molecule has 0 radical (unpaired) electrons.